The lowest BCUT2D eigenvalue weighted by molar-refractivity contribution is 0.274. The van der Waals surface area contributed by atoms with Crippen molar-refractivity contribution in [3.8, 4) is 5.75 Å². The van der Waals surface area contributed by atoms with Gasteiger partial charge in [0.05, 0.1) is 9.50 Å². The maximum atomic E-state index is 13.2. The second-order valence-corrected chi connectivity index (χ2v) is 5.06. The molecule has 1 aliphatic heterocycles. The lowest BCUT2D eigenvalue weighted by Crippen LogP contribution is -2.28. The number of nitrogens with one attached hydrogen (secondary N) is 1. The van der Waals surface area contributed by atoms with Gasteiger partial charge in [-0.3, -0.25) is 0 Å². The molecular weight excluding hydrogens is 296 g/mol. The van der Waals surface area contributed by atoms with Crippen LogP contribution >= 0.6 is 27.5 Å². The van der Waals surface area contributed by atoms with E-state index in [9.17, 15) is 4.39 Å². The van der Waals surface area contributed by atoms with Crippen LogP contribution in [-0.4, -0.2) is 19.2 Å². The van der Waals surface area contributed by atoms with Crippen molar-refractivity contribution < 1.29 is 9.13 Å². The van der Waals surface area contributed by atoms with Gasteiger partial charge in [-0.1, -0.05) is 11.6 Å². The third-order valence-corrected chi connectivity index (χ3v) is 3.49. The lowest BCUT2D eigenvalue weighted by Gasteiger charge is -2.13. The molecular formula is C11H12BrClFNO. The van der Waals surface area contributed by atoms with Crippen LogP contribution in [0.1, 0.15) is 12.8 Å². The van der Waals surface area contributed by atoms with Gasteiger partial charge >= 0.3 is 0 Å². The van der Waals surface area contributed by atoms with Gasteiger partial charge in [-0.25, -0.2) is 4.39 Å². The molecule has 2 rings (SSSR count). The van der Waals surface area contributed by atoms with Gasteiger partial charge in [0.2, 0.25) is 0 Å². The summed E-state index contributed by atoms with van der Waals surface area (Å²) >= 11 is 8.93. The minimum atomic E-state index is -0.459. The Morgan fingerprint density at radius 1 is 1.56 bits per heavy atom. The summed E-state index contributed by atoms with van der Waals surface area (Å²) < 4.78 is 19.4. The maximum Gasteiger partial charge on any atom is 0.145 e. The molecule has 1 aliphatic rings. The Morgan fingerprint density at radius 3 is 3.06 bits per heavy atom. The molecule has 1 aromatic carbocycles. The molecule has 0 amide bonds. The summed E-state index contributed by atoms with van der Waals surface area (Å²) in [6.07, 6.45) is 2.28. The zero-order chi connectivity index (χ0) is 11.5. The second kappa shape index (κ2) is 5.34. The van der Waals surface area contributed by atoms with E-state index in [1.165, 1.54) is 18.6 Å². The van der Waals surface area contributed by atoms with Gasteiger partial charge < -0.3 is 10.1 Å². The van der Waals surface area contributed by atoms with Crippen molar-refractivity contribution in [3.63, 3.8) is 0 Å². The van der Waals surface area contributed by atoms with Crippen molar-refractivity contribution in [2.45, 2.75) is 18.9 Å². The van der Waals surface area contributed by atoms with Crippen molar-refractivity contribution in [3.05, 3.63) is 27.4 Å². The number of hydrogen-bond donors (Lipinski definition) is 1. The Kier molecular flexibility index (Phi) is 4.05. The number of benzene rings is 1. The average Bonchev–Trinajstić information content (AvgIpc) is 2.74. The predicted octanol–water partition coefficient (Wildman–Crippen LogP) is 3.37. The summed E-state index contributed by atoms with van der Waals surface area (Å²) in [6.45, 7) is 1.59. The van der Waals surface area contributed by atoms with Crippen LogP contribution in [0.15, 0.2) is 16.6 Å². The Labute approximate surface area is 107 Å². The van der Waals surface area contributed by atoms with E-state index in [1.54, 1.807) is 0 Å². The van der Waals surface area contributed by atoms with E-state index in [4.69, 9.17) is 16.3 Å². The molecule has 16 heavy (non-hydrogen) atoms. The molecule has 0 aromatic heterocycles. The standard InChI is InChI=1S/C11H12BrClFNO/c12-8-4-9(13)10(14)5-11(8)16-6-7-2-1-3-15-7/h4-5,7,15H,1-3,6H2/t7-/m0/s1. The highest BCUT2D eigenvalue weighted by Crippen LogP contribution is 2.30. The number of ether oxygens (including phenoxy) is 1. The van der Waals surface area contributed by atoms with E-state index in [0.717, 1.165) is 13.0 Å². The van der Waals surface area contributed by atoms with Gasteiger partial charge in [-0.05, 0) is 41.4 Å². The third-order valence-electron chi connectivity index (χ3n) is 2.58. The van der Waals surface area contributed by atoms with E-state index in [-0.39, 0.29) is 5.02 Å². The second-order valence-electron chi connectivity index (χ2n) is 3.80. The molecule has 0 unspecified atom stereocenters. The molecule has 1 N–H and O–H groups in total. The van der Waals surface area contributed by atoms with Gasteiger partial charge in [0.15, 0.2) is 0 Å². The molecule has 0 aliphatic carbocycles. The minimum Gasteiger partial charge on any atom is -0.491 e. The molecule has 1 saturated heterocycles. The molecule has 88 valence electrons. The van der Waals surface area contributed by atoms with Crippen LogP contribution in [0.2, 0.25) is 5.02 Å². The van der Waals surface area contributed by atoms with Gasteiger partial charge in [-0.15, -0.1) is 0 Å². The fraction of sp³-hybridized carbons (Fsp3) is 0.455. The van der Waals surface area contributed by atoms with Crippen LogP contribution < -0.4 is 10.1 Å². The van der Waals surface area contributed by atoms with Crippen molar-refractivity contribution in [1.29, 1.82) is 0 Å². The fourth-order valence-electron chi connectivity index (χ4n) is 1.70. The number of hydrogen-bond acceptors (Lipinski definition) is 2. The summed E-state index contributed by atoms with van der Waals surface area (Å²) in [4.78, 5) is 0. The van der Waals surface area contributed by atoms with E-state index >= 15 is 0 Å². The van der Waals surface area contributed by atoms with Crippen LogP contribution in [0.25, 0.3) is 0 Å². The highest BCUT2D eigenvalue weighted by molar-refractivity contribution is 9.10. The molecule has 0 bridgehead atoms. The molecule has 0 radical (unpaired) electrons. The first-order valence-electron chi connectivity index (χ1n) is 5.17. The van der Waals surface area contributed by atoms with Crippen LogP contribution in [0.3, 0.4) is 0 Å². The molecule has 1 atom stereocenters. The Bertz CT molecular complexity index is 382. The van der Waals surface area contributed by atoms with Crippen LogP contribution in [-0.2, 0) is 0 Å². The highest BCUT2D eigenvalue weighted by atomic mass is 79.9. The number of rotatable bonds is 3. The summed E-state index contributed by atoms with van der Waals surface area (Å²) in [5, 5.41) is 3.41. The fourth-order valence-corrected chi connectivity index (χ4v) is 2.46. The topological polar surface area (TPSA) is 21.3 Å². The lowest BCUT2D eigenvalue weighted by atomic mass is 10.2. The van der Waals surface area contributed by atoms with E-state index in [1.807, 2.05) is 0 Å². The SMILES string of the molecule is Fc1cc(OC[C@@H]2CCCN2)c(Br)cc1Cl. The van der Waals surface area contributed by atoms with E-state index in [0.29, 0.717) is 22.9 Å². The average molecular weight is 309 g/mol. The molecule has 0 spiro atoms. The zero-order valence-electron chi connectivity index (χ0n) is 8.60. The summed E-state index contributed by atoms with van der Waals surface area (Å²) in [7, 11) is 0. The maximum absolute atomic E-state index is 13.2. The number of halogens is 3. The summed E-state index contributed by atoms with van der Waals surface area (Å²) in [5.41, 5.74) is 0. The molecule has 5 heteroatoms. The summed E-state index contributed by atoms with van der Waals surface area (Å²) in [6, 6.07) is 3.18. The van der Waals surface area contributed by atoms with Crippen molar-refractivity contribution in [2.75, 3.05) is 13.2 Å². The molecule has 1 fully saturated rings. The van der Waals surface area contributed by atoms with Gasteiger partial charge in [0.25, 0.3) is 0 Å². The first-order chi connectivity index (χ1) is 7.66. The predicted molar refractivity (Wildman–Crippen MR) is 65.6 cm³/mol. The third kappa shape index (κ3) is 2.87. The Hall–Kier alpha value is -0.320. The molecule has 2 nitrogen and oxygen atoms in total. The first-order valence-corrected chi connectivity index (χ1v) is 6.34. The summed E-state index contributed by atoms with van der Waals surface area (Å²) in [5.74, 6) is 0.0369. The normalized spacial score (nSPS) is 20.1. The van der Waals surface area contributed by atoms with Crippen LogP contribution in [0, 0.1) is 5.82 Å². The van der Waals surface area contributed by atoms with Gasteiger partial charge in [-0.2, -0.15) is 0 Å². The minimum absolute atomic E-state index is 0.0956. The van der Waals surface area contributed by atoms with Gasteiger partial charge in [0.1, 0.15) is 18.2 Å². The van der Waals surface area contributed by atoms with Crippen molar-refractivity contribution >= 4 is 27.5 Å². The molecule has 1 heterocycles. The largest absolute Gasteiger partial charge is 0.491 e. The van der Waals surface area contributed by atoms with Crippen molar-refractivity contribution in [1.82, 2.24) is 5.32 Å². The quantitative estimate of drug-likeness (QED) is 0.865. The first kappa shape index (κ1) is 12.1. The Balaban J connectivity index is 2.00. The van der Waals surface area contributed by atoms with E-state index < -0.39 is 5.82 Å². The highest BCUT2D eigenvalue weighted by Gasteiger charge is 2.15. The Morgan fingerprint density at radius 2 is 2.38 bits per heavy atom. The molecule has 0 saturated carbocycles. The monoisotopic (exact) mass is 307 g/mol. The van der Waals surface area contributed by atoms with Crippen LogP contribution in [0.4, 0.5) is 4.39 Å². The van der Waals surface area contributed by atoms with Crippen LogP contribution in [0.5, 0.6) is 5.75 Å². The van der Waals surface area contributed by atoms with Crippen molar-refractivity contribution in [2.24, 2.45) is 0 Å². The molecule has 1 aromatic rings. The van der Waals surface area contributed by atoms with Gasteiger partial charge in [0, 0.05) is 12.1 Å². The smallest absolute Gasteiger partial charge is 0.145 e. The zero-order valence-corrected chi connectivity index (χ0v) is 10.9. The van der Waals surface area contributed by atoms with E-state index in [2.05, 4.69) is 21.2 Å².